The summed E-state index contributed by atoms with van der Waals surface area (Å²) in [6.07, 6.45) is 4.66. The molecule has 20 heavy (non-hydrogen) atoms. The molecule has 1 aromatic carbocycles. The Morgan fingerprint density at radius 3 is 2.85 bits per heavy atom. The fourth-order valence-electron chi connectivity index (χ4n) is 4.34. The lowest BCUT2D eigenvalue weighted by atomic mass is 9.81. The normalized spacial score (nSPS) is 32.4. The molecule has 2 atom stereocenters. The number of benzene rings is 1. The second-order valence-electron chi connectivity index (χ2n) is 6.97. The molecule has 0 amide bonds. The number of rotatable bonds is 3. The Morgan fingerprint density at radius 1 is 1.35 bits per heavy atom. The van der Waals surface area contributed by atoms with Crippen LogP contribution in [0.3, 0.4) is 0 Å². The molecule has 108 valence electrons. The summed E-state index contributed by atoms with van der Waals surface area (Å²) in [7, 11) is 4.01. The SMILES string of the molecule is COc1ccc2c(c1)[C@]1(C)CCN(CC3CC3)C1N2C. The van der Waals surface area contributed by atoms with Crippen molar-refractivity contribution >= 4 is 5.69 Å². The molecule has 0 spiro atoms. The van der Waals surface area contributed by atoms with Crippen LogP contribution in [-0.4, -0.2) is 38.3 Å². The van der Waals surface area contributed by atoms with Gasteiger partial charge in [-0.25, -0.2) is 0 Å². The molecule has 1 aliphatic carbocycles. The molecule has 2 heterocycles. The van der Waals surface area contributed by atoms with Gasteiger partial charge in [0.1, 0.15) is 5.75 Å². The molecule has 0 aromatic heterocycles. The van der Waals surface area contributed by atoms with Gasteiger partial charge in [-0.2, -0.15) is 0 Å². The number of methoxy groups -OCH3 is 1. The quantitative estimate of drug-likeness (QED) is 0.841. The van der Waals surface area contributed by atoms with Gasteiger partial charge in [0.15, 0.2) is 0 Å². The van der Waals surface area contributed by atoms with Gasteiger partial charge in [-0.15, -0.1) is 0 Å². The van der Waals surface area contributed by atoms with Crippen LogP contribution in [0.25, 0.3) is 0 Å². The highest BCUT2D eigenvalue weighted by molar-refractivity contribution is 5.66. The van der Waals surface area contributed by atoms with E-state index in [4.69, 9.17) is 4.74 Å². The van der Waals surface area contributed by atoms with E-state index in [0.29, 0.717) is 6.17 Å². The summed E-state index contributed by atoms with van der Waals surface area (Å²) >= 11 is 0. The van der Waals surface area contributed by atoms with Crippen LogP contribution in [0.2, 0.25) is 0 Å². The summed E-state index contributed by atoms with van der Waals surface area (Å²) in [5.74, 6) is 1.95. The third-order valence-electron chi connectivity index (χ3n) is 5.59. The Kier molecular flexibility index (Phi) is 2.59. The molecule has 3 nitrogen and oxygen atoms in total. The lowest BCUT2D eigenvalue weighted by Crippen LogP contribution is -2.47. The van der Waals surface area contributed by atoms with Crippen LogP contribution in [0.4, 0.5) is 5.69 Å². The molecule has 4 rings (SSSR count). The lowest BCUT2D eigenvalue weighted by Gasteiger charge is -2.34. The van der Waals surface area contributed by atoms with Crippen LogP contribution in [-0.2, 0) is 5.41 Å². The molecule has 1 aromatic rings. The zero-order valence-corrected chi connectivity index (χ0v) is 12.7. The Labute approximate surface area is 121 Å². The molecule has 0 radical (unpaired) electrons. The summed E-state index contributed by atoms with van der Waals surface area (Å²) in [6, 6.07) is 6.57. The van der Waals surface area contributed by atoms with E-state index in [2.05, 4.69) is 42.0 Å². The Bertz CT molecular complexity index is 540. The lowest BCUT2D eigenvalue weighted by molar-refractivity contribution is 0.215. The highest BCUT2D eigenvalue weighted by atomic mass is 16.5. The zero-order chi connectivity index (χ0) is 13.9. The van der Waals surface area contributed by atoms with Gasteiger partial charge in [0.2, 0.25) is 0 Å². The highest BCUT2D eigenvalue weighted by Crippen LogP contribution is 2.52. The number of ether oxygens (including phenoxy) is 1. The predicted octanol–water partition coefficient (Wildman–Crippen LogP) is 2.84. The van der Waals surface area contributed by atoms with E-state index in [1.54, 1.807) is 7.11 Å². The second kappa shape index (κ2) is 4.14. The van der Waals surface area contributed by atoms with E-state index in [9.17, 15) is 0 Å². The van der Waals surface area contributed by atoms with E-state index in [0.717, 1.165) is 11.7 Å². The van der Waals surface area contributed by atoms with E-state index in [1.165, 1.54) is 43.6 Å². The van der Waals surface area contributed by atoms with Crippen molar-refractivity contribution in [2.75, 3.05) is 32.1 Å². The molecular formula is C17H24N2O. The number of likely N-dealkylation sites (N-methyl/N-ethyl adjacent to an activating group) is 1. The van der Waals surface area contributed by atoms with Crippen molar-refractivity contribution in [1.82, 2.24) is 4.90 Å². The average molecular weight is 272 g/mol. The summed E-state index contributed by atoms with van der Waals surface area (Å²) in [5.41, 5.74) is 3.12. The molecule has 1 saturated carbocycles. The predicted molar refractivity (Wildman–Crippen MR) is 81.5 cm³/mol. The minimum Gasteiger partial charge on any atom is -0.497 e. The topological polar surface area (TPSA) is 15.7 Å². The molecule has 0 bridgehead atoms. The number of hydrogen-bond acceptors (Lipinski definition) is 3. The van der Waals surface area contributed by atoms with Crippen LogP contribution in [0.1, 0.15) is 31.7 Å². The van der Waals surface area contributed by atoms with Crippen molar-refractivity contribution in [2.45, 2.75) is 37.8 Å². The van der Waals surface area contributed by atoms with Crippen molar-refractivity contribution < 1.29 is 4.74 Å². The third-order valence-corrected chi connectivity index (χ3v) is 5.59. The smallest absolute Gasteiger partial charge is 0.119 e. The molecule has 1 unspecified atom stereocenters. The number of likely N-dealkylation sites (tertiary alicyclic amines) is 1. The highest BCUT2D eigenvalue weighted by Gasteiger charge is 2.53. The van der Waals surface area contributed by atoms with Crippen LogP contribution < -0.4 is 9.64 Å². The summed E-state index contributed by atoms with van der Waals surface area (Å²) < 4.78 is 5.44. The molecule has 3 heteroatoms. The van der Waals surface area contributed by atoms with Crippen LogP contribution in [0.15, 0.2) is 18.2 Å². The maximum Gasteiger partial charge on any atom is 0.119 e. The summed E-state index contributed by atoms with van der Waals surface area (Å²) in [5, 5.41) is 0. The Hall–Kier alpha value is -1.22. The van der Waals surface area contributed by atoms with Crippen molar-refractivity contribution in [3.05, 3.63) is 23.8 Å². The van der Waals surface area contributed by atoms with Gasteiger partial charge in [-0.3, -0.25) is 4.90 Å². The number of nitrogens with zero attached hydrogens (tertiary/aromatic N) is 2. The third kappa shape index (κ3) is 1.62. The monoisotopic (exact) mass is 272 g/mol. The van der Waals surface area contributed by atoms with Crippen molar-refractivity contribution in [1.29, 1.82) is 0 Å². The number of anilines is 1. The van der Waals surface area contributed by atoms with Gasteiger partial charge in [0.05, 0.1) is 13.3 Å². The largest absolute Gasteiger partial charge is 0.497 e. The van der Waals surface area contributed by atoms with Gasteiger partial charge in [0, 0.05) is 31.2 Å². The van der Waals surface area contributed by atoms with Crippen molar-refractivity contribution in [3.63, 3.8) is 0 Å². The minimum absolute atomic E-state index is 0.257. The van der Waals surface area contributed by atoms with Gasteiger partial charge < -0.3 is 9.64 Å². The second-order valence-corrected chi connectivity index (χ2v) is 6.97. The van der Waals surface area contributed by atoms with E-state index in [-0.39, 0.29) is 5.41 Å². The molecule has 1 saturated heterocycles. The van der Waals surface area contributed by atoms with E-state index >= 15 is 0 Å². The fourth-order valence-corrected chi connectivity index (χ4v) is 4.34. The summed E-state index contributed by atoms with van der Waals surface area (Å²) in [4.78, 5) is 5.20. The van der Waals surface area contributed by atoms with E-state index in [1.807, 2.05) is 0 Å². The molecular weight excluding hydrogens is 248 g/mol. The van der Waals surface area contributed by atoms with Crippen molar-refractivity contribution in [3.8, 4) is 5.75 Å². The van der Waals surface area contributed by atoms with Gasteiger partial charge in [-0.05, 0) is 48.9 Å². The molecule has 2 aliphatic heterocycles. The number of hydrogen-bond donors (Lipinski definition) is 0. The zero-order valence-electron chi connectivity index (χ0n) is 12.7. The number of fused-ring (bicyclic) bond motifs is 3. The van der Waals surface area contributed by atoms with Crippen LogP contribution >= 0.6 is 0 Å². The Morgan fingerprint density at radius 2 is 2.15 bits per heavy atom. The molecule has 2 fully saturated rings. The van der Waals surface area contributed by atoms with Crippen LogP contribution in [0.5, 0.6) is 5.75 Å². The Balaban J connectivity index is 1.72. The van der Waals surface area contributed by atoms with Gasteiger partial charge in [-0.1, -0.05) is 6.92 Å². The molecule has 3 aliphatic rings. The average Bonchev–Trinajstić information content (AvgIpc) is 3.17. The first kappa shape index (κ1) is 12.5. The maximum atomic E-state index is 5.44. The first-order valence-corrected chi connectivity index (χ1v) is 7.79. The first-order valence-electron chi connectivity index (χ1n) is 7.79. The minimum atomic E-state index is 0.257. The van der Waals surface area contributed by atoms with Gasteiger partial charge in [0.25, 0.3) is 0 Å². The van der Waals surface area contributed by atoms with Crippen LogP contribution in [0, 0.1) is 5.92 Å². The first-order chi connectivity index (χ1) is 9.63. The summed E-state index contributed by atoms with van der Waals surface area (Å²) in [6.45, 7) is 4.96. The fraction of sp³-hybridized carbons (Fsp3) is 0.647. The van der Waals surface area contributed by atoms with Gasteiger partial charge >= 0.3 is 0 Å². The molecule has 0 N–H and O–H groups in total. The van der Waals surface area contributed by atoms with E-state index < -0.39 is 0 Å². The maximum absolute atomic E-state index is 5.44. The van der Waals surface area contributed by atoms with Crippen molar-refractivity contribution in [2.24, 2.45) is 5.92 Å². The standard InChI is InChI=1S/C17H24N2O/c1-17-8-9-19(11-12-4-5-12)16(17)18(2)15-7-6-13(20-3)10-14(15)17/h6-7,10,12,16H,4-5,8-9,11H2,1-3H3/t16?,17-/m0/s1.